The molecule has 4 aromatic rings. The van der Waals surface area contributed by atoms with E-state index in [1.165, 1.54) is 32.9 Å². The average Bonchev–Trinajstić information content (AvgIpc) is 3.03. The van der Waals surface area contributed by atoms with Gasteiger partial charge in [-0.3, -0.25) is 0 Å². The highest BCUT2D eigenvalue weighted by Gasteiger charge is 2.28. The van der Waals surface area contributed by atoms with Crippen LogP contribution in [0.3, 0.4) is 0 Å². The van der Waals surface area contributed by atoms with Gasteiger partial charge in [0.1, 0.15) is 0 Å². The third-order valence-corrected chi connectivity index (χ3v) is 5.85. The van der Waals surface area contributed by atoms with E-state index >= 15 is 0 Å². The van der Waals surface area contributed by atoms with Crippen LogP contribution >= 0.6 is 11.6 Å². The van der Waals surface area contributed by atoms with Gasteiger partial charge in [-0.05, 0) is 42.7 Å². The molecule has 1 heterocycles. The monoisotopic (exact) mass is 369 g/mol. The van der Waals surface area contributed by atoms with Crippen molar-refractivity contribution in [1.82, 2.24) is 4.57 Å². The molecule has 1 aliphatic rings. The number of nitrogens with zero attached hydrogens (tertiary/aromatic N) is 1. The van der Waals surface area contributed by atoms with Gasteiger partial charge in [-0.25, -0.2) is 0 Å². The highest BCUT2D eigenvalue weighted by atomic mass is 35.5. The molecule has 0 aliphatic heterocycles. The second-order valence-electron chi connectivity index (χ2n) is 7.43. The van der Waals surface area contributed by atoms with Crippen molar-refractivity contribution < 1.29 is 0 Å². The maximum absolute atomic E-state index is 6.36. The lowest BCUT2D eigenvalue weighted by Crippen LogP contribution is -2.28. The highest BCUT2D eigenvalue weighted by Crippen LogP contribution is 2.40. The zero-order valence-electron chi connectivity index (χ0n) is 15.2. The number of benzene rings is 3. The Hall–Kier alpha value is -2.77. The van der Waals surface area contributed by atoms with E-state index in [1.54, 1.807) is 0 Å². The van der Waals surface area contributed by atoms with E-state index < -0.39 is 0 Å². The average molecular weight is 370 g/mol. The van der Waals surface area contributed by atoms with Crippen LogP contribution in [0.1, 0.15) is 18.9 Å². The fourth-order valence-electron chi connectivity index (χ4n) is 4.23. The summed E-state index contributed by atoms with van der Waals surface area (Å²) in [6.45, 7) is 2.30. The number of halogens is 1. The first-order chi connectivity index (χ1) is 13.2. The molecular formula is C25H20ClN. The molecule has 0 saturated carbocycles. The summed E-state index contributed by atoms with van der Waals surface area (Å²) < 4.78 is 2.44. The van der Waals surface area contributed by atoms with E-state index in [9.17, 15) is 0 Å². The number of para-hydroxylation sites is 1. The smallest absolute Gasteiger partial charge is 0.0643 e. The Morgan fingerprint density at radius 1 is 0.852 bits per heavy atom. The Balaban J connectivity index is 1.68. The fraction of sp³-hybridized carbons (Fsp3) is 0.120. The third kappa shape index (κ3) is 2.62. The highest BCUT2D eigenvalue weighted by molar-refractivity contribution is 6.31. The van der Waals surface area contributed by atoms with Crippen molar-refractivity contribution in [3.8, 4) is 0 Å². The van der Waals surface area contributed by atoms with E-state index in [4.69, 9.17) is 11.6 Å². The molecule has 1 aliphatic carbocycles. The second-order valence-corrected chi connectivity index (χ2v) is 7.87. The van der Waals surface area contributed by atoms with Gasteiger partial charge in [-0.2, -0.15) is 0 Å². The van der Waals surface area contributed by atoms with Crippen molar-refractivity contribution in [2.75, 3.05) is 0 Å². The molecule has 0 radical (unpaired) electrons. The lowest BCUT2D eigenvalue weighted by atomic mass is 9.87. The lowest BCUT2D eigenvalue weighted by molar-refractivity contribution is 0.438. The predicted molar refractivity (Wildman–Crippen MR) is 116 cm³/mol. The molecule has 0 spiro atoms. The topological polar surface area (TPSA) is 4.93 Å². The van der Waals surface area contributed by atoms with Crippen LogP contribution in [0, 0.1) is 0 Å². The Morgan fingerprint density at radius 2 is 1.59 bits per heavy atom. The lowest BCUT2D eigenvalue weighted by Gasteiger charge is -2.32. The second kappa shape index (κ2) is 6.14. The van der Waals surface area contributed by atoms with Crippen LogP contribution in [0.5, 0.6) is 0 Å². The number of allylic oxidation sites excluding steroid dienone is 4. The van der Waals surface area contributed by atoms with Crippen LogP contribution in [0.4, 0.5) is 0 Å². The number of hydrogen-bond acceptors (Lipinski definition) is 0. The summed E-state index contributed by atoms with van der Waals surface area (Å²) in [5.74, 6) is 0. The Labute approximate surface area is 164 Å². The van der Waals surface area contributed by atoms with Crippen LogP contribution in [-0.4, -0.2) is 4.57 Å². The van der Waals surface area contributed by atoms with Crippen LogP contribution in [0.25, 0.3) is 27.4 Å². The van der Waals surface area contributed by atoms with E-state index in [0.29, 0.717) is 0 Å². The molecule has 0 N–H and O–H groups in total. The van der Waals surface area contributed by atoms with Crippen LogP contribution in [0.15, 0.2) is 91.0 Å². The van der Waals surface area contributed by atoms with Crippen LogP contribution < -0.4 is 0 Å². The number of fused-ring (bicyclic) bond motifs is 3. The Morgan fingerprint density at radius 3 is 2.37 bits per heavy atom. The van der Waals surface area contributed by atoms with Gasteiger partial charge in [0.2, 0.25) is 0 Å². The fourth-order valence-corrected chi connectivity index (χ4v) is 4.39. The molecule has 132 valence electrons. The minimum absolute atomic E-state index is 0.135. The molecule has 0 fully saturated rings. The maximum Gasteiger partial charge on any atom is 0.0643 e. The zero-order valence-corrected chi connectivity index (χ0v) is 15.9. The van der Waals surface area contributed by atoms with Crippen molar-refractivity contribution >= 4 is 39.0 Å². The van der Waals surface area contributed by atoms with Gasteiger partial charge in [0, 0.05) is 21.3 Å². The van der Waals surface area contributed by atoms with Crippen molar-refractivity contribution in [2.24, 2.45) is 0 Å². The number of rotatable bonds is 2. The molecule has 27 heavy (non-hydrogen) atoms. The molecule has 1 aromatic heterocycles. The first-order valence-electron chi connectivity index (χ1n) is 9.30. The number of hydrogen-bond donors (Lipinski definition) is 0. The van der Waals surface area contributed by atoms with E-state index in [-0.39, 0.29) is 5.54 Å². The van der Waals surface area contributed by atoms with Gasteiger partial charge < -0.3 is 4.57 Å². The van der Waals surface area contributed by atoms with Gasteiger partial charge in [0.05, 0.1) is 11.1 Å². The third-order valence-electron chi connectivity index (χ3n) is 5.61. The molecule has 3 aromatic carbocycles. The Kier molecular flexibility index (Phi) is 3.73. The molecule has 0 saturated heterocycles. The molecule has 2 heteroatoms. The molecule has 0 amide bonds. The zero-order chi connectivity index (χ0) is 18.4. The summed E-state index contributed by atoms with van der Waals surface area (Å²) in [6.07, 6.45) is 7.88. The van der Waals surface area contributed by atoms with Gasteiger partial charge in [0.25, 0.3) is 0 Å². The maximum atomic E-state index is 6.36. The minimum Gasteiger partial charge on any atom is -0.331 e. The van der Waals surface area contributed by atoms with Gasteiger partial charge >= 0.3 is 0 Å². The summed E-state index contributed by atoms with van der Waals surface area (Å²) >= 11 is 6.36. The van der Waals surface area contributed by atoms with Gasteiger partial charge in [-0.1, -0.05) is 84.4 Å². The minimum atomic E-state index is -0.135. The van der Waals surface area contributed by atoms with Crippen molar-refractivity contribution in [1.29, 1.82) is 0 Å². The van der Waals surface area contributed by atoms with Crippen molar-refractivity contribution in [3.05, 3.63) is 102 Å². The van der Waals surface area contributed by atoms with Crippen LogP contribution in [-0.2, 0) is 5.54 Å². The molecule has 1 unspecified atom stereocenters. The van der Waals surface area contributed by atoms with Gasteiger partial charge in [-0.15, -0.1) is 0 Å². The summed E-state index contributed by atoms with van der Waals surface area (Å²) in [5.41, 5.74) is 4.85. The molecule has 5 rings (SSSR count). The van der Waals surface area contributed by atoms with E-state index in [2.05, 4.69) is 96.4 Å². The number of aromatic nitrogens is 1. The quantitative estimate of drug-likeness (QED) is 0.352. The first-order valence-corrected chi connectivity index (χ1v) is 9.67. The summed E-state index contributed by atoms with van der Waals surface area (Å²) in [7, 11) is 0. The van der Waals surface area contributed by atoms with Crippen molar-refractivity contribution in [3.63, 3.8) is 0 Å². The molecular weight excluding hydrogens is 350 g/mol. The van der Waals surface area contributed by atoms with E-state index in [0.717, 1.165) is 11.4 Å². The predicted octanol–water partition coefficient (Wildman–Crippen LogP) is 7.21. The van der Waals surface area contributed by atoms with Crippen molar-refractivity contribution in [2.45, 2.75) is 18.9 Å². The summed E-state index contributed by atoms with van der Waals surface area (Å²) in [4.78, 5) is 0. The van der Waals surface area contributed by atoms with Gasteiger partial charge in [0.15, 0.2) is 0 Å². The largest absolute Gasteiger partial charge is 0.331 e. The summed E-state index contributed by atoms with van der Waals surface area (Å²) in [6, 6.07) is 25.4. The standard InChI is InChI=1S/C25H20ClN/c1-25(15-13-19(14-16-25)18-7-3-2-4-8-18)27-23-10-6-5-9-21(23)22-12-11-20(26)17-24(22)27/h2-15,17H,16H2,1H3. The van der Waals surface area contributed by atoms with E-state index in [1.807, 2.05) is 6.07 Å². The first kappa shape index (κ1) is 16.4. The summed E-state index contributed by atoms with van der Waals surface area (Å²) in [5, 5.41) is 3.30. The Bertz CT molecular complexity index is 1210. The molecule has 0 bridgehead atoms. The normalized spacial score (nSPS) is 19.6. The molecule has 1 nitrogen and oxygen atoms in total. The molecule has 1 atom stereocenters. The van der Waals surface area contributed by atoms with Crippen LogP contribution in [0.2, 0.25) is 5.02 Å². The SMILES string of the molecule is CC1(n2c3ccccc3c3ccc(Cl)cc32)C=CC(c2ccccc2)=CC1.